The Morgan fingerprint density at radius 1 is 0.962 bits per heavy atom. The molecular weight excluding hydrogens is 326 g/mol. The average molecular weight is 351 g/mol. The van der Waals surface area contributed by atoms with Gasteiger partial charge in [0.25, 0.3) is 0 Å². The van der Waals surface area contributed by atoms with E-state index in [2.05, 4.69) is 39.9 Å². The van der Waals surface area contributed by atoms with E-state index in [9.17, 15) is 0 Å². The zero-order chi connectivity index (χ0) is 18.0. The fraction of sp³-hybridized carbons (Fsp3) is 0.350. The number of unbranched alkanes of at least 4 members (excludes halogenated alkanes) is 3. The first-order valence-corrected chi connectivity index (χ1v) is 9.18. The number of rotatable bonds is 10. The van der Waals surface area contributed by atoms with Crippen LogP contribution in [0.25, 0.3) is 5.69 Å². The van der Waals surface area contributed by atoms with Gasteiger partial charge in [0.15, 0.2) is 0 Å². The van der Waals surface area contributed by atoms with Gasteiger partial charge in [-0.3, -0.25) is 0 Å². The first-order valence-electron chi connectivity index (χ1n) is 9.18. The summed E-state index contributed by atoms with van der Waals surface area (Å²) in [6.07, 6.45) is 5.12. The molecule has 0 bridgehead atoms. The normalized spacial score (nSPS) is 10.8. The first kappa shape index (κ1) is 18.1. The molecule has 2 aromatic carbocycles. The van der Waals surface area contributed by atoms with Crippen molar-refractivity contribution in [1.82, 2.24) is 25.5 Å². The van der Waals surface area contributed by atoms with Crippen molar-refractivity contribution in [3.63, 3.8) is 0 Å². The summed E-state index contributed by atoms with van der Waals surface area (Å²) in [7, 11) is 0. The Bertz CT molecular complexity index is 770. The highest BCUT2D eigenvalue weighted by atomic mass is 16.5. The van der Waals surface area contributed by atoms with Crippen LogP contribution in [-0.4, -0.2) is 26.8 Å². The minimum Gasteiger partial charge on any atom is -0.423 e. The van der Waals surface area contributed by atoms with E-state index in [1.54, 1.807) is 4.68 Å². The minimum atomic E-state index is 0.345. The molecule has 0 fully saturated rings. The number of benzene rings is 2. The van der Waals surface area contributed by atoms with Crippen LogP contribution in [0.1, 0.15) is 38.2 Å². The molecule has 0 aliphatic heterocycles. The standard InChI is InChI=1S/C20H25N5O/c1-2-3-4-8-15-21-16-17-11-13-19(14-12-17)26-20-22-23-24-25(20)18-9-6-5-7-10-18/h5-7,9-14,21H,2-4,8,15-16H2,1H3. The molecule has 0 aliphatic rings. The molecule has 0 radical (unpaired) electrons. The van der Waals surface area contributed by atoms with Crippen LogP contribution in [0.5, 0.6) is 11.8 Å². The van der Waals surface area contributed by atoms with Gasteiger partial charge in [-0.1, -0.05) is 61.6 Å². The molecule has 1 aromatic heterocycles. The molecule has 136 valence electrons. The maximum Gasteiger partial charge on any atom is 0.345 e. The maximum absolute atomic E-state index is 5.84. The largest absolute Gasteiger partial charge is 0.423 e. The Labute approximate surface area is 154 Å². The smallest absolute Gasteiger partial charge is 0.345 e. The summed E-state index contributed by atoms with van der Waals surface area (Å²) in [6.45, 7) is 4.16. The van der Waals surface area contributed by atoms with E-state index >= 15 is 0 Å². The molecule has 3 rings (SSSR count). The third-order valence-electron chi connectivity index (χ3n) is 4.11. The Kier molecular flexibility index (Phi) is 6.73. The summed E-state index contributed by atoms with van der Waals surface area (Å²) in [6, 6.07) is 18.0. The highest BCUT2D eigenvalue weighted by Gasteiger charge is 2.10. The van der Waals surface area contributed by atoms with Gasteiger partial charge >= 0.3 is 6.01 Å². The number of hydrogen-bond acceptors (Lipinski definition) is 5. The Hall–Kier alpha value is -2.73. The van der Waals surface area contributed by atoms with Crippen molar-refractivity contribution in [1.29, 1.82) is 0 Å². The van der Waals surface area contributed by atoms with Crippen molar-refractivity contribution in [2.45, 2.75) is 39.2 Å². The lowest BCUT2D eigenvalue weighted by Gasteiger charge is -2.08. The SMILES string of the molecule is CCCCCCNCc1ccc(Oc2nnnn2-c2ccccc2)cc1. The van der Waals surface area contributed by atoms with E-state index in [0.29, 0.717) is 11.8 Å². The monoisotopic (exact) mass is 351 g/mol. The van der Waals surface area contributed by atoms with Crippen molar-refractivity contribution in [3.05, 3.63) is 60.2 Å². The second-order valence-electron chi connectivity index (χ2n) is 6.19. The van der Waals surface area contributed by atoms with Crippen molar-refractivity contribution in [3.8, 4) is 17.4 Å². The van der Waals surface area contributed by atoms with Gasteiger partial charge in [-0.2, -0.15) is 4.68 Å². The number of ether oxygens (including phenoxy) is 1. The van der Waals surface area contributed by atoms with Crippen molar-refractivity contribution >= 4 is 0 Å². The number of nitrogens with one attached hydrogen (secondary N) is 1. The zero-order valence-electron chi connectivity index (χ0n) is 15.1. The molecule has 0 aliphatic carbocycles. The molecule has 1 heterocycles. The van der Waals surface area contributed by atoms with Crippen LogP contribution < -0.4 is 10.1 Å². The number of hydrogen-bond donors (Lipinski definition) is 1. The Morgan fingerprint density at radius 2 is 1.77 bits per heavy atom. The molecule has 0 saturated heterocycles. The zero-order valence-corrected chi connectivity index (χ0v) is 15.1. The van der Waals surface area contributed by atoms with Gasteiger partial charge < -0.3 is 10.1 Å². The average Bonchev–Trinajstić information content (AvgIpc) is 3.15. The number of tetrazole rings is 1. The molecule has 0 amide bonds. The van der Waals surface area contributed by atoms with Gasteiger partial charge in [-0.15, -0.1) is 0 Å². The lowest BCUT2D eigenvalue weighted by atomic mass is 10.2. The number of aromatic nitrogens is 4. The van der Waals surface area contributed by atoms with Gasteiger partial charge in [0.05, 0.1) is 5.69 Å². The van der Waals surface area contributed by atoms with Crippen LogP contribution in [0.4, 0.5) is 0 Å². The highest BCUT2D eigenvalue weighted by Crippen LogP contribution is 2.21. The topological polar surface area (TPSA) is 64.9 Å². The second kappa shape index (κ2) is 9.68. The van der Waals surface area contributed by atoms with Crippen LogP contribution in [0.2, 0.25) is 0 Å². The molecular formula is C20H25N5O. The maximum atomic E-state index is 5.84. The molecule has 3 aromatic rings. The molecule has 6 nitrogen and oxygen atoms in total. The highest BCUT2D eigenvalue weighted by molar-refractivity contribution is 5.34. The quantitative estimate of drug-likeness (QED) is 0.557. The molecule has 0 saturated carbocycles. The van der Waals surface area contributed by atoms with Gasteiger partial charge in [0, 0.05) is 6.54 Å². The van der Waals surface area contributed by atoms with Gasteiger partial charge in [-0.05, 0) is 53.2 Å². The van der Waals surface area contributed by atoms with Crippen molar-refractivity contribution < 1.29 is 4.74 Å². The predicted molar refractivity (Wildman–Crippen MR) is 102 cm³/mol. The summed E-state index contributed by atoms with van der Waals surface area (Å²) in [5, 5.41) is 15.1. The van der Waals surface area contributed by atoms with E-state index in [1.807, 2.05) is 42.5 Å². The number of nitrogens with zero attached hydrogens (tertiary/aromatic N) is 4. The fourth-order valence-corrected chi connectivity index (χ4v) is 2.66. The van der Waals surface area contributed by atoms with Crippen LogP contribution in [-0.2, 0) is 6.54 Å². The van der Waals surface area contributed by atoms with Gasteiger partial charge in [0.1, 0.15) is 5.75 Å². The van der Waals surface area contributed by atoms with Crippen molar-refractivity contribution in [2.24, 2.45) is 0 Å². The Morgan fingerprint density at radius 3 is 2.54 bits per heavy atom. The third kappa shape index (κ3) is 5.13. The second-order valence-corrected chi connectivity index (χ2v) is 6.19. The van der Waals surface area contributed by atoms with Crippen LogP contribution in [0, 0.1) is 0 Å². The summed E-state index contributed by atoms with van der Waals surface area (Å²) in [4.78, 5) is 0. The lowest BCUT2D eigenvalue weighted by Crippen LogP contribution is -2.14. The van der Waals surface area contributed by atoms with E-state index in [0.717, 1.165) is 18.8 Å². The van der Waals surface area contributed by atoms with Crippen LogP contribution in [0.3, 0.4) is 0 Å². The fourth-order valence-electron chi connectivity index (χ4n) is 2.66. The summed E-state index contributed by atoms with van der Waals surface area (Å²) in [5.74, 6) is 0.712. The molecule has 1 N–H and O–H groups in total. The number of para-hydroxylation sites is 1. The Balaban J connectivity index is 1.53. The molecule has 0 unspecified atom stereocenters. The summed E-state index contributed by atoms with van der Waals surface area (Å²) < 4.78 is 7.41. The molecule has 26 heavy (non-hydrogen) atoms. The van der Waals surface area contributed by atoms with E-state index in [1.165, 1.54) is 31.2 Å². The summed E-state index contributed by atoms with van der Waals surface area (Å²) in [5.41, 5.74) is 2.09. The predicted octanol–water partition coefficient (Wildman–Crippen LogP) is 4.12. The lowest BCUT2D eigenvalue weighted by molar-refractivity contribution is 0.427. The van der Waals surface area contributed by atoms with E-state index in [4.69, 9.17) is 4.74 Å². The van der Waals surface area contributed by atoms with E-state index < -0.39 is 0 Å². The molecule has 0 spiro atoms. The van der Waals surface area contributed by atoms with Gasteiger partial charge in [0.2, 0.25) is 0 Å². The van der Waals surface area contributed by atoms with E-state index in [-0.39, 0.29) is 0 Å². The summed E-state index contributed by atoms with van der Waals surface area (Å²) >= 11 is 0. The van der Waals surface area contributed by atoms with Crippen molar-refractivity contribution in [2.75, 3.05) is 6.54 Å². The minimum absolute atomic E-state index is 0.345. The third-order valence-corrected chi connectivity index (χ3v) is 4.11. The van der Waals surface area contributed by atoms with Crippen LogP contribution in [0.15, 0.2) is 54.6 Å². The first-order chi connectivity index (χ1) is 12.9. The molecule has 6 heteroatoms. The van der Waals surface area contributed by atoms with Gasteiger partial charge in [-0.25, -0.2) is 0 Å². The molecule has 0 atom stereocenters. The van der Waals surface area contributed by atoms with Crippen LogP contribution >= 0.6 is 0 Å².